The molecular formula is C21H19N3O4. The number of Topliss-reactive ketones (excluding diaryl/α,β-unsaturated/α-hetero) is 1. The lowest BCUT2D eigenvalue weighted by molar-refractivity contribution is -0.118. The molecule has 0 fully saturated rings. The first-order valence-electron chi connectivity index (χ1n) is 8.37. The lowest BCUT2D eigenvalue weighted by Crippen LogP contribution is -2.19. The van der Waals surface area contributed by atoms with E-state index in [0.29, 0.717) is 5.56 Å². The van der Waals surface area contributed by atoms with E-state index in [9.17, 15) is 14.4 Å². The van der Waals surface area contributed by atoms with Gasteiger partial charge in [0, 0.05) is 11.3 Å². The standard InChI is InChI=1S/C21H19N3O4/c1-13-6-5-7-15(10-13)20(26)24-18-9-4-3-8-16(18)21(27)28-12-19(25)17(11-22)14(2)23/h3-10H,12,23H2,1-2H3,(H,24,26). The van der Waals surface area contributed by atoms with Gasteiger partial charge in [0.25, 0.3) is 5.91 Å². The molecule has 2 rings (SSSR count). The van der Waals surface area contributed by atoms with Crippen molar-refractivity contribution in [3.63, 3.8) is 0 Å². The van der Waals surface area contributed by atoms with Crippen molar-refractivity contribution in [2.24, 2.45) is 5.73 Å². The van der Waals surface area contributed by atoms with Crippen LogP contribution in [0.4, 0.5) is 5.69 Å². The number of nitriles is 1. The number of rotatable bonds is 6. The molecule has 2 aromatic carbocycles. The summed E-state index contributed by atoms with van der Waals surface area (Å²) in [5.41, 5.74) is 6.96. The third-order valence-electron chi connectivity index (χ3n) is 3.79. The van der Waals surface area contributed by atoms with E-state index in [1.807, 2.05) is 13.0 Å². The van der Waals surface area contributed by atoms with Crippen LogP contribution in [0.3, 0.4) is 0 Å². The van der Waals surface area contributed by atoms with Crippen molar-refractivity contribution in [3.05, 3.63) is 76.5 Å². The molecule has 0 unspecified atom stereocenters. The summed E-state index contributed by atoms with van der Waals surface area (Å²) in [5.74, 6) is -1.88. The molecule has 7 nitrogen and oxygen atoms in total. The fourth-order valence-electron chi connectivity index (χ4n) is 2.40. The Balaban J connectivity index is 2.14. The lowest BCUT2D eigenvalue weighted by atomic mass is 10.1. The highest BCUT2D eigenvalue weighted by Crippen LogP contribution is 2.18. The first-order chi connectivity index (χ1) is 13.3. The summed E-state index contributed by atoms with van der Waals surface area (Å²) < 4.78 is 4.99. The summed E-state index contributed by atoms with van der Waals surface area (Å²) in [4.78, 5) is 36.7. The Morgan fingerprint density at radius 2 is 1.86 bits per heavy atom. The number of nitrogens with zero attached hydrogens (tertiary/aromatic N) is 1. The van der Waals surface area contributed by atoms with Crippen LogP contribution in [0.1, 0.15) is 33.2 Å². The van der Waals surface area contributed by atoms with Gasteiger partial charge in [-0.15, -0.1) is 0 Å². The maximum absolute atomic E-state index is 12.4. The van der Waals surface area contributed by atoms with Crippen molar-refractivity contribution in [1.29, 1.82) is 5.26 Å². The average Bonchev–Trinajstić information content (AvgIpc) is 2.66. The first kappa shape index (κ1) is 20.4. The molecule has 0 atom stereocenters. The Morgan fingerprint density at radius 1 is 1.14 bits per heavy atom. The Labute approximate surface area is 162 Å². The van der Waals surface area contributed by atoms with Crippen molar-refractivity contribution in [1.82, 2.24) is 0 Å². The quantitative estimate of drug-likeness (QED) is 0.453. The maximum atomic E-state index is 12.4. The zero-order valence-electron chi connectivity index (χ0n) is 15.5. The number of nitrogens with two attached hydrogens (primary N) is 1. The number of carbonyl (C=O) groups excluding carboxylic acids is 3. The number of amides is 1. The molecule has 142 valence electrons. The summed E-state index contributed by atoms with van der Waals surface area (Å²) in [5, 5.41) is 11.6. The number of carbonyl (C=O) groups is 3. The Kier molecular flexibility index (Phi) is 6.66. The summed E-state index contributed by atoms with van der Waals surface area (Å²) in [6.45, 7) is 2.65. The molecule has 3 N–H and O–H groups in total. The van der Waals surface area contributed by atoms with E-state index in [0.717, 1.165) is 5.56 Å². The highest BCUT2D eigenvalue weighted by molar-refractivity contribution is 6.08. The molecule has 0 saturated carbocycles. The van der Waals surface area contributed by atoms with E-state index in [4.69, 9.17) is 15.7 Å². The van der Waals surface area contributed by atoms with Gasteiger partial charge < -0.3 is 15.8 Å². The van der Waals surface area contributed by atoms with E-state index in [-0.39, 0.29) is 28.4 Å². The van der Waals surface area contributed by atoms with Crippen LogP contribution in [0.2, 0.25) is 0 Å². The van der Waals surface area contributed by atoms with E-state index in [1.165, 1.54) is 13.0 Å². The van der Waals surface area contributed by atoms with Gasteiger partial charge in [0.1, 0.15) is 11.6 Å². The van der Waals surface area contributed by atoms with Gasteiger partial charge in [-0.1, -0.05) is 29.8 Å². The SMILES string of the molecule is CC(N)=C(C#N)C(=O)COC(=O)c1ccccc1NC(=O)c1cccc(C)c1. The molecule has 0 aliphatic carbocycles. The van der Waals surface area contributed by atoms with E-state index in [2.05, 4.69) is 5.32 Å². The van der Waals surface area contributed by atoms with Crippen LogP contribution in [-0.2, 0) is 9.53 Å². The number of hydrogen-bond acceptors (Lipinski definition) is 6. The molecule has 7 heteroatoms. The number of esters is 1. The molecule has 28 heavy (non-hydrogen) atoms. The number of hydrogen-bond donors (Lipinski definition) is 2. The minimum Gasteiger partial charge on any atom is -0.454 e. The molecular weight excluding hydrogens is 358 g/mol. The number of para-hydroxylation sites is 1. The molecule has 0 saturated heterocycles. The minimum absolute atomic E-state index is 0.0503. The van der Waals surface area contributed by atoms with Gasteiger partial charge in [-0.05, 0) is 38.1 Å². The van der Waals surface area contributed by atoms with Crippen molar-refractivity contribution in [2.75, 3.05) is 11.9 Å². The predicted molar refractivity (Wildman–Crippen MR) is 103 cm³/mol. The molecule has 0 aromatic heterocycles. The predicted octanol–water partition coefficient (Wildman–Crippen LogP) is 2.73. The molecule has 0 bridgehead atoms. The van der Waals surface area contributed by atoms with Crippen molar-refractivity contribution in [3.8, 4) is 6.07 Å². The van der Waals surface area contributed by atoms with Crippen LogP contribution >= 0.6 is 0 Å². The monoisotopic (exact) mass is 377 g/mol. The highest BCUT2D eigenvalue weighted by Gasteiger charge is 2.18. The smallest absolute Gasteiger partial charge is 0.340 e. The molecule has 0 spiro atoms. The molecule has 0 heterocycles. The number of benzene rings is 2. The maximum Gasteiger partial charge on any atom is 0.340 e. The van der Waals surface area contributed by atoms with E-state index in [1.54, 1.807) is 42.5 Å². The number of ketones is 1. The van der Waals surface area contributed by atoms with Crippen LogP contribution < -0.4 is 11.1 Å². The van der Waals surface area contributed by atoms with Gasteiger partial charge in [0.15, 0.2) is 6.61 Å². The Hall–Kier alpha value is -3.92. The summed E-state index contributed by atoms with van der Waals surface area (Å²) in [6, 6.07) is 15.0. The second kappa shape index (κ2) is 9.14. The number of allylic oxidation sites excluding steroid dienone is 1. The third kappa shape index (κ3) is 5.05. The molecule has 1 amide bonds. The number of nitrogens with one attached hydrogen (secondary N) is 1. The number of aryl methyl sites for hydroxylation is 1. The van der Waals surface area contributed by atoms with Gasteiger partial charge in [-0.25, -0.2) is 4.79 Å². The third-order valence-corrected chi connectivity index (χ3v) is 3.79. The number of anilines is 1. The van der Waals surface area contributed by atoms with Gasteiger partial charge in [0.05, 0.1) is 11.3 Å². The number of ether oxygens (including phenoxy) is 1. The topological polar surface area (TPSA) is 122 Å². The zero-order chi connectivity index (χ0) is 20.7. The second-order valence-electron chi connectivity index (χ2n) is 6.04. The lowest BCUT2D eigenvalue weighted by Gasteiger charge is -2.11. The fraction of sp³-hybridized carbons (Fsp3) is 0.143. The Morgan fingerprint density at radius 3 is 2.50 bits per heavy atom. The zero-order valence-corrected chi connectivity index (χ0v) is 15.5. The van der Waals surface area contributed by atoms with Crippen LogP contribution in [0.5, 0.6) is 0 Å². The molecule has 2 aromatic rings. The summed E-state index contributed by atoms with van der Waals surface area (Å²) >= 11 is 0. The normalized spacial score (nSPS) is 11.0. The summed E-state index contributed by atoms with van der Waals surface area (Å²) in [6.07, 6.45) is 0. The van der Waals surface area contributed by atoms with Crippen LogP contribution in [-0.4, -0.2) is 24.3 Å². The van der Waals surface area contributed by atoms with Gasteiger partial charge in [-0.2, -0.15) is 5.26 Å². The average molecular weight is 377 g/mol. The van der Waals surface area contributed by atoms with Crippen molar-refractivity contribution in [2.45, 2.75) is 13.8 Å². The first-order valence-corrected chi connectivity index (χ1v) is 8.37. The Bertz CT molecular complexity index is 999. The largest absolute Gasteiger partial charge is 0.454 e. The van der Waals surface area contributed by atoms with Crippen molar-refractivity contribution >= 4 is 23.3 Å². The minimum atomic E-state index is -0.805. The molecule has 0 aliphatic rings. The van der Waals surface area contributed by atoms with Gasteiger partial charge >= 0.3 is 5.97 Å². The van der Waals surface area contributed by atoms with E-state index >= 15 is 0 Å². The highest BCUT2D eigenvalue weighted by atomic mass is 16.5. The van der Waals surface area contributed by atoms with Gasteiger partial charge in [0.2, 0.25) is 5.78 Å². The van der Waals surface area contributed by atoms with Gasteiger partial charge in [-0.3, -0.25) is 9.59 Å². The molecule has 0 radical (unpaired) electrons. The fourth-order valence-corrected chi connectivity index (χ4v) is 2.40. The van der Waals surface area contributed by atoms with Crippen LogP contribution in [0.25, 0.3) is 0 Å². The van der Waals surface area contributed by atoms with Crippen LogP contribution in [0.15, 0.2) is 59.8 Å². The van der Waals surface area contributed by atoms with E-state index < -0.39 is 18.4 Å². The van der Waals surface area contributed by atoms with Crippen LogP contribution in [0, 0.1) is 18.3 Å². The summed E-state index contributed by atoms with van der Waals surface area (Å²) in [7, 11) is 0. The molecule has 0 aliphatic heterocycles. The van der Waals surface area contributed by atoms with Crippen molar-refractivity contribution < 1.29 is 19.1 Å². The second-order valence-corrected chi connectivity index (χ2v) is 6.04.